The summed E-state index contributed by atoms with van der Waals surface area (Å²) in [5.74, 6) is 0. The van der Waals surface area contributed by atoms with E-state index in [0.717, 1.165) is 11.8 Å². The van der Waals surface area contributed by atoms with Crippen LogP contribution in [0.5, 0.6) is 0 Å². The first kappa shape index (κ1) is 11.8. The minimum atomic E-state index is 0.398. The number of aryl methyl sites for hydroxylation is 1. The van der Waals surface area contributed by atoms with Crippen LogP contribution < -0.4 is 0 Å². The van der Waals surface area contributed by atoms with Crippen LogP contribution in [0.25, 0.3) is 0 Å². The van der Waals surface area contributed by atoms with E-state index in [1.165, 1.54) is 17.5 Å². The van der Waals surface area contributed by atoms with Crippen LogP contribution in [-0.4, -0.2) is 5.33 Å². The summed E-state index contributed by atoms with van der Waals surface area (Å²) in [5, 5.41) is 1.07. The Bertz CT molecular complexity index is 270. The third-order valence-electron chi connectivity index (χ3n) is 2.93. The van der Waals surface area contributed by atoms with Crippen LogP contribution in [0, 0.1) is 12.3 Å². The lowest BCUT2D eigenvalue weighted by Gasteiger charge is -2.25. The lowest BCUT2D eigenvalue weighted by atomic mass is 9.83. The van der Waals surface area contributed by atoms with E-state index >= 15 is 0 Å². The minimum Gasteiger partial charge on any atom is -0.0922 e. The highest BCUT2D eigenvalue weighted by molar-refractivity contribution is 9.09. The summed E-state index contributed by atoms with van der Waals surface area (Å²) < 4.78 is 0. The third kappa shape index (κ3) is 3.13. The van der Waals surface area contributed by atoms with Gasteiger partial charge in [-0.15, -0.1) is 0 Å². The number of hydrogen-bond acceptors (Lipinski definition) is 0. The Morgan fingerprint density at radius 2 is 1.79 bits per heavy atom. The highest BCUT2D eigenvalue weighted by atomic mass is 79.9. The van der Waals surface area contributed by atoms with E-state index in [4.69, 9.17) is 0 Å². The number of rotatable bonds is 4. The summed E-state index contributed by atoms with van der Waals surface area (Å²) >= 11 is 3.60. The molecule has 78 valence electrons. The molecular formula is C13H19Br. The van der Waals surface area contributed by atoms with Crippen molar-refractivity contribution < 1.29 is 0 Å². The van der Waals surface area contributed by atoms with Crippen LogP contribution in [-0.2, 0) is 6.42 Å². The highest BCUT2D eigenvalue weighted by Gasteiger charge is 2.20. The Morgan fingerprint density at radius 3 is 2.21 bits per heavy atom. The summed E-state index contributed by atoms with van der Waals surface area (Å²) in [7, 11) is 0. The van der Waals surface area contributed by atoms with Crippen LogP contribution >= 0.6 is 15.9 Å². The van der Waals surface area contributed by atoms with Crippen molar-refractivity contribution in [1.82, 2.24) is 0 Å². The Labute approximate surface area is 95.9 Å². The predicted molar refractivity (Wildman–Crippen MR) is 67.1 cm³/mol. The maximum Gasteiger partial charge on any atom is 0.00884 e. The molecule has 0 aliphatic rings. The Hall–Kier alpha value is -0.300. The van der Waals surface area contributed by atoms with Gasteiger partial charge in [-0.3, -0.25) is 0 Å². The van der Waals surface area contributed by atoms with Gasteiger partial charge >= 0.3 is 0 Å². The van der Waals surface area contributed by atoms with Gasteiger partial charge in [-0.25, -0.2) is 0 Å². The molecule has 0 nitrogen and oxygen atoms in total. The van der Waals surface area contributed by atoms with Crippen molar-refractivity contribution >= 4 is 15.9 Å². The van der Waals surface area contributed by atoms with E-state index < -0.39 is 0 Å². The first-order valence-corrected chi connectivity index (χ1v) is 6.33. The molecule has 1 aromatic carbocycles. The van der Waals surface area contributed by atoms with Gasteiger partial charge in [0.2, 0.25) is 0 Å². The summed E-state index contributed by atoms with van der Waals surface area (Å²) in [5.41, 5.74) is 3.18. The van der Waals surface area contributed by atoms with Crippen LogP contribution in [0.4, 0.5) is 0 Å². The second-order valence-electron chi connectivity index (χ2n) is 4.46. The molecule has 0 saturated heterocycles. The van der Waals surface area contributed by atoms with Gasteiger partial charge in [0.25, 0.3) is 0 Å². The van der Waals surface area contributed by atoms with Gasteiger partial charge < -0.3 is 0 Å². The molecule has 0 amide bonds. The molecule has 0 N–H and O–H groups in total. The molecule has 0 bridgehead atoms. The second-order valence-corrected chi connectivity index (χ2v) is 5.02. The fourth-order valence-corrected chi connectivity index (χ4v) is 2.06. The highest BCUT2D eigenvalue weighted by Crippen LogP contribution is 2.28. The third-order valence-corrected chi connectivity index (χ3v) is 4.28. The molecule has 0 fully saturated rings. The quantitative estimate of drug-likeness (QED) is 0.702. The van der Waals surface area contributed by atoms with Gasteiger partial charge in [0.05, 0.1) is 0 Å². The topological polar surface area (TPSA) is 0 Å². The smallest absolute Gasteiger partial charge is 0.00884 e. The van der Waals surface area contributed by atoms with Gasteiger partial charge in [0, 0.05) is 5.33 Å². The Balaban J connectivity index is 2.72. The zero-order valence-corrected chi connectivity index (χ0v) is 10.9. The van der Waals surface area contributed by atoms with Crippen molar-refractivity contribution in [3.8, 4) is 0 Å². The minimum absolute atomic E-state index is 0.398. The van der Waals surface area contributed by atoms with E-state index in [1.807, 2.05) is 0 Å². The van der Waals surface area contributed by atoms with Crippen molar-refractivity contribution in [1.29, 1.82) is 0 Å². The molecule has 1 rings (SSSR count). The Morgan fingerprint density at radius 1 is 1.21 bits per heavy atom. The lowest BCUT2D eigenvalue weighted by Crippen LogP contribution is -2.20. The molecule has 0 spiro atoms. The first-order valence-electron chi connectivity index (χ1n) is 5.21. The monoisotopic (exact) mass is 254 g/mol. The summed E-state index contributed by atoms with van der Waals surface area (Å²) in [6.07, 6.45) is 2.38. The fourth-order valence-electron chi connectivity index (χ4n) is 1.47. The van der Waals surface area contributed by atoms with Crippen LogP contribution in [0.1, 0.15) is 31.4 Å². The van der Waals surface area contributed by atoms with Crippen molar-refractivity contribution in [3.05, 3.63) is 35.4 Å². The first-order chi connectivity index (χ1) is 6.59. The Kier molecular flexibility index (Phi) is 4.18. The number of hydrogen-bond donors (Lipinski definition) is 0. The average Bonchev–Trinajstić information content (AvgIpc) is 2.21. The molecule has 1 heteroatoms. The van der Waals surface area contributed by atoms with E-state index in [2.05, 4.69) is 61.0 Å². The number of alkyl halides is 1. The maximum absolute atomic E-state index is 3.60. The summed E-state index contributed by atoms with van der Waals surface area (Å²) in [4.78, 5) is 0. The van der Waals surface area contributed by atoms with E-state index in [1.54, 1.807) is 0 Å². The molecule has 1 aromatic rings. The van der Waals surface area contributed by atoms with Crippen molar-refractivity contribution in [2.75, 3.05) is 5.33 Å². The van der Waals surface area contributed by atoms with Gasteiger partial charge in [-0.1, -0.05) is 59.6 Å². The van der Waals surface area contributed by atoms with Crippen LogP contribution in [0.15, 0.2) is 24.3 Å². The van der Waals surface area contributed by atoms with Crippen molar-refractivity contribution in [2.24, 2.45) is 5.41 Å². The van der Waals surface area contributed by atoms with Crippen LogP contribution in [0.3, 0.4) is 0 Å². The van der Waals surface area contributed by atoms with Crippen molar-refractivity contribution in [2.45, 2.75) is 33.6 Å². The molecular weight excluding hydrogens is 236 g/mol. The zero-order valence-electron chi connectivity index (χ0n) is 9.31. The van der Waals surface area contributed by atoms with Crippen LogP contribution in [0.2, 0.25) is 0 Å². The lowest BCUT2D eigenvalue weighted by molar-refractivity contribution is 0.361. The molecule has 1 unspecified atom stereocenters. The van der Waals surface area contributed by atoms with E-state index in [9.17, 15) is 0 Å². The summed E-state index contributed by atoms with van der Waals surface area (Å²) in [6, 6.07) is 8.87. The maximum atomic E-state index is 3.60. The molecule has 0 radical (unpaired) electrons. The number of halogens is 1. The second kappa shape index (κ2) is 4.97. The molecule has 0 aliphatic carbocycles. The van der Waals surface area contributed by atoms with Gasteiger partial charge in [-0.05, 0) is 30.7 Å². The standard InChI is InChI=1S/C13H19Br/c1-4-13(3,10-14)9-12-7-5-11(2)6-8-12/h5-8H,4,9-10H2,1-3H3. The molecule has 0 heterocycles. The average molecular weight is 255 g/mol. The molecule has 0 saturated carbocycles. The van der Waals surface area contributed by atoms with Crippen molar-refractivity contribution in [3.63, 3.8) is 0 Å². The van der Waals surface area contributed by atoms with Gasteiger partial charge in [0.1, 0.15) is 0 Å². The molecule has 0 aliphatic heterocycles. The van der Waals surface area contributed by atoms with E-state index in [-0.39, 0.29) is 0 Å². The zero-order chi connectivity index (χ0) is 10.6. The summed E-state index contributed by atoms with van der Waals surface area (Å²) in [6.45, 7) is 6.73. The number of benzene rings is 1. The molecule has 14 heavy (non-hydrogen) atoms. The largest absolute Gasteiger partial charge is 0.0922 e. The SMILES string of the molecule is CCC(C)(CBr)Cc1ccc(C)cc1. The van der Waals surface area contributed by atoms with E-state index in [0.29, 0.717) is 5.41 Å². The predicted octanol–water partition coefficient (Wildman–Crippen LogP) is 4.35. The van der Waals surface area contributed by atoms with Gasteiger partial charge in [-0.2, -0.15) is 0 Å². The molecule has 1 atom stereocenters. The normalized spacial score (nSPS) is 15.1. The van der Waals surface area contributed by atoms with Gasteiger partial charge in [0.15, 0.2) is 0 Å². The fraction of sp³-hybridized carbons (Fsp3) is 0.538. The molecule has 0 aromatic heterocycles.